The second-order valence-corrected chi connectivity index (χ2v) is 3.49. The summed E-state index contributed by atoms with van der Waals surface area (Å²) in [5.74, 6) is 0.620. The van der Waals surface area contributed by atoms with E-state index in [9.17, 15) is 0 Å². The maximum absolute atomic E-state index is 5.06. The number of anilines is 1. The van der Waals surface area contributed by atoms with Gasteiger partial charge in [0.15, 0.2) is 5.65 Å². The smallest absolute Gasteiger partial charge is 0.225 e. The van der Waals surface area contributed by atoms with Gasteiger partial charge in [-0.2, -0.15) is 4.98 Å². The number of hydrogen-bond acceptors (Lipinski definition) is 5. The van der Waals surface area contributed by atoms with Crippen molar-refractivity contribution in [3.05, 3.63) is 24.5 Å². The third kappa shape index (κ3) is 1.61. The topological polar surface area (TPSA) is 59.9 Å². The monoisotopic (exact) mass is 202 g/mol. The molecule has 0 saturated carbocycles. The Balaban J connectivity index is 1.91. The maximum Gasteiger partial charge on any atom is 0.225 e. The Morgan fingerprint density at radius 2 is 2.27 bits per heavy atom. The van der Waals surface area contributed by atoms with E-state index >= 15 is 0 Å². The zero-order chi connectivity index (χ0) is 10.1. The van der Waals surface area contributed by atoms with E-state index in [1.807, 2.05) is 12.1 Å². The lowest BCUT2D eigenvalue weighted by Gasteiger charge is -2.26. The Morgan fingerprint density at radius 1 is 1.33 bits per heavy atom. The van der Waals surface area contributed by atoms with E-state index in [-0.39, 0.29) is 0 Å². The van der Waals surface area contributed by atoms with Crippen LogP contribution in [0.25, 0.3) is 11.0 Å². The van der Waals surface area contributed by atoms with Crippen molar-refractivity contribution < 1.29 is 4.74 Å². The molecule has 0 bridgehead atoms. The highest BCUT2D eigenvalue weighted by molar-refractivity contribution is 5.74. The minimum Gasteiger partial charge on any atom is -0.377 e. The van der Waals surface area contributed by atoms with Crippen LogP contribution in [0.3, 0.4) is 0 Å². The van der Waals surface area contributed by atoms with Gasteiger partial charge >= 0.3 is 0 Å². The number of aromatic nitrogens is 3. The first-order chi connectivity index (χ1) is 7.42. The number of pyridine rings is 1. The van der Waals surface area contributed by atoms with Gasteiger partial charge in [-0.25, -0.2) is 9.97 Å². The van der Waals surface area contributed by atoms with Gasteiger partial charge < -0.3 is 10.1 Å². The standard InChI is InChI=1S/C10H10N4O/c1-2-7-4-12-10(13-8-5-15-6-8)14-9(7)11-3-1/h1-4,8H,5-6H2,(H,11,12,13,14). The van der Waals surface area contributed by atoms with Crippen LogP contribution in [0.1, 0.15) is 0 Å². The minimum atomic E-state index is 0.339. The molecule has 1 saturated heterocycles. The largest absolute Gasteiger partial charge is 0.377 e. The molecule has 1 aliphatic rings. The molecule has 3 heterocycles. The summed E-state index contributed by atoms with van der Waals surface area (Å²) < 4.78 is 5.06. The highest BCUT2D eigenvalue weighted by atomic mass is 16.5. The van der Waals surface area contributed by atoms with Crippen LogP contribution in [0.5, 0.6) is 0 Å². The summed E-state index contributed by atoms with van der Waals surface area (Å²) >= 11 is 0. The minimum absolute atomic E-state index is 0.339. The van der Waals surface area contributed by atoms with E-state index in [2.05, 4.69) is 20.3 Å². The van der Waals surface area contributed by atoms with E-state index in [4.69, 9.17) is 4.74 Å². The quantitative estimate of drug-likeness (QED) is 0.781. The van der Waals surface area contributed by atoms with Gasteiger partial charge in [-0.3, -0.25) is 0 Å². The van der Waals surface area contributed by atoms with Crippen molar-refractivity contribution in [2.24, 2.45) is 0 Å². The van der Waals surface area contributed by atoms with Crippen LogP contribution in [0, 0.1) is 0 Å². The van der Waals surface area contributed by atoms with Crippen LogP contribution in [-0.4, -0.2) is 34.2 Å². The molecule has 0 aromatic carbocycles. The molecule has 76 valence electrons. The van der Waals surface area contributed by atoms with Crippen LogP contribution < -0.4 is 5.32 Å². The number of nitrogens with one attached hydrogen (secondary N) is 1. The molecule has 0 atom stereocenters. The summed E-state index contributed by atoms with van der Waals surface area (Å²) in [5.41, 5.74) is 0.718. The normalized spacial score (nSPS) is 16.3. The van der Waals surface area contributed by atoms with Gasteiger partial charge in [-0.05, 0) is 12.1 Å². The SMILES string of the molecule is c1cnc2nc(NC3COC3)ncc2c1. The summed E-state index contributed by atoms with van der Waals surface area (Å²) in [4.78, 5) is 12.7. The molecule has 1 N–H and O–H groups in total. The first-order valence-electron chi connectivity index (χ1n) is 4.84. The summed E-state index contributed by atoms with van der Waals surface area (Å²) in [7, 11) is 0. The zero-order valence-electron chi connectivity index (χ0n) is 8.05. The van der Waals surface area contributed by atoms with Crippen LogP contribution in [0.2, 0.25) is 0 Å². The fourth-order valence-corrected chi connectivity index (χ4v) is 1.43. The van der Waals surface area contributed by atoms with E-state index in [1.165, 1.54) is 0 Å². The third-order valence-electron chi connectivity index (χ3n) is 2.33. The molecule has 2 aromatic heterocycles. The number of rotatable bonds is 2. The molecule has 15 heavy (non-hydrogen) atoms. The molecular formula is C10H10N4O. The molecule has 0 unspecified atom stereocenters. The van der Waals surface area contributed by atoms with Gasteiger partial charge in [0.05, 0.1) is 19.3 Å². The molecular weight excluding hydrogens is 192 g/mol. The third-order valence-corrected chi connectivity index (χ3v) is 2.33. The second kappa shape index (κ2) is 3.43. The van der Waals surface area contributed by atoms with E-state index in [0.29, 0.717) is 12.0 Å². The molecule has 5 nitrogen and oxygen atoms in total. The number of fused-ring (bicyclic) bond motifs is 1. The van der Waals surface area contributed by atoms with Crippen molar-refractivity contribution in [2.75, 3.05) is 18.5 Å². The Bertz CT molecular complexity index is 484. The van der Waals surface area contributed by atoms with E-state index < -0.39 is 0 Å². The molecule has 2 aromatic rings. The van der Waals surface area contributed by atoms with Crippen molar-refractivity contribution in [2.45, 2.75) is 6.04 Å². The molecule has 0 aliphatic carbocycles. The molecule has 0 radical (unpaired) electrons. The molecule has 1 fully saturated rings. The lowest BCUT2D eigenvalue weighted by Crippen LogP contribution is -2.40. The Hall–Kier alpha value is -1.75. The van der Waals surface area contributed by atoms with Crippen LogP contribution >= 0.6 is 0 Å². The summed E-state index contributed by atoms with van der Waals surface area (Å²) in [6.07, 6.45) is 3.50. The molecule has 5 heteroatoms. The average Bonchev–Trinajstić information content (AvgIpc) is 2.23. The second-order valence-electron chi connectivity index (χ2n) is 3.49. The van der Waals surface area contributed by atoms with Crippen molar-refractivity contribution in [1.82, 2.24) is 15.0 Å². The van der Waals surface area contributed by atoms with Crippen molar-refractivity contribution in [3.8, 4) is 0 Å². The average molecular weight is 202 g/mol. The van der Waals surface area contributed by atoms with Gasteiger partial charge in [0, 0.05) is 17.8 Å². The number of ether oxygens (including phenoxy) is 1. The maximum atomic E-state index is 5.06. The van der Waals surface area contributed by atoms with Crippen LogP contribution in [0.4, 0.5) is 5.95 Å². The van der Waals surface area contributed by atoms with Crippen LogP contribution in [0.15, 0.2) is 24.5 Å². The van der Waals surface area contributed by atoms with Gasteiger partial charge in [0.2, 0.25) is 5.95 Å². The predicted molar refractivity (Wildman–Crippen MR) is 55.6 cm³/mol. The Kier molecular flexibility index (Phi) is 1.96. The van der Waals surface area contributed by atoms with Crippen molar-refractivity contribution in [3.63, 3.8) is 0 Å². The van der Waals surface area contributed by atoms with Gasteiger partial charge in [0.1, 0.15) is 0 Å². The molecule has 1 aliphatic heterocycles. The van der Waals surface area contributed by atoms with Gasteiger partial charge in [-0.1, -0.05) is 0 Å². The summed E-state index contributed by atoms with van der Waals surface area (Å²) in [6, 6.07) is 4.16. The molecule has 0 amide bonds. The zero-order valence-corrected chi connectivity index (χ0v) is 8.05. The molecule has 0 spiro atoms. The summed E-state index contributed by atoms with van der Waals surface area (Å²) in [5, 5.41) is 4.14. The van der Waals surface area contributed by atoms with Crippen molar-refractivity contribution in [1.29, 1.82) is 0 Å². The predicted octanol–water partition coefficient (Wildman–Crippen LogP) is 0.835. The number of hydrogen-bond donors (Lipinski definition) is 1. The highest BCUT2D eigenvalue weighted by Gasteiger charge is 2.18. The highest BCUT2D eigenvalue weighted by Crippen LogP contribution is 2.11. The lowest BCUT2D eigenvalue weighted by molar-refractivity contribution is 0.0208. The van der Waals surface area contributed by atoms with E-state index in [0.717, 1.165) is 24.2 Å². The van der Waals surface area contributed by atoms with Crippen molar-refractivity contribution >= 4 is 17.0 Å². The number of nitrogens with zero attached hydrogens (tertiary/aromatic N) is 3. The first-order valence-corrected chi connectivity index (χ1v) is 4.84. The first kappa shape index (κ1) is 8.55. The Morgan fingerprint density at radius 3 is 3.07 bits per heavy atom. The van der Waals surface area contributed by atoms with E-state index in [1.54, 1.807) is 12.4 Å². The van der Waals surface area contributed by atoms with Crippen LogP contribution in [-0.2, 0) is 4.74 Å². The fraction of sp³-hybridized carbons (Fsp3) is 0.300. The molecule has 3 rings (SSSR count). The van der Waals surface area contributed by atoms with Gasteiger partial charge in [-0.15, -0.1) is 0 Å². The lowest BCUT2D eigenvalue weighted by atomic mass is 10.3. The summed E-state index contributed by atoms with van der Waals surface area (Å²) in [6.45, 7) is 1.45. The Labute approximate surface area is 86.5 Å². The van der Waals surface area contributed by atoms with Gasteiger partial charge in [0.25, 0.3) is 0 Å². The fourth-order valence-electron chi connectivity index (χ4n) is 1.43.